The smallest absolute Gasteiger partial charge is 0.122 e. The molecule has 114 valence electrons. The van der Waals surface area contributed by atoms with Gasteiger partial charge < -0.3 is 4.84 Å². The maximum atomic E-state index is 5.35. The monoisotopic (exact) mass is 367 g/mol. The number of fused-ring (bicyclic) bond motifs is 3. The summed E-state index contributed by atoms with van der Waals surface area (Å²) in [6.45, 7) is 2.46. The van der Waals surface area contributed by atoms with Crippen LogP contribution in [0.2, 0.25) is 0 Å². The van der Waals surface area contributed by atoms with E-state index >= 15 is 0 Å². The van der Waals surface area contributed by atoms with Gasteiger partial charge in [0.1, 0.15) is 18.0 Å². The summed E-state index contributed by atoms with van der Waals surface area (Å²) < 4.78 is 1.04. The molecule has 4 rings (SSSR count). The topological polar surface area (TPSA) is 50.3 Å². The lowest BCUT2D eigenvalue weighted by molar-refractivity contribution is 0.159. The highest BCUT2D eigenvalue weighted by atomic mass is 79.9. The number of nitrogens with one attached hydrogen (secondary N) is 1. The van der Waals surface area contributed by atoms with E-state index in [9.17, 15) is 0 Å². The van der Waals surface area contributed by atoms with Crippen LogP contribution in [0.3, 0.4) is 0 Å². The predicted molar refractivity (Wildman–Crippen MR) is 94.4 cm³/mol. The van der Waals surface area contributed by atoms with Gasteiger partial charge in [-0.3, -0.25) is 5.10 Å². The second-order valence-electron chi connectivity index (χ2n) is 5.23. The van der Waals surface area contributed by atoms with Crippen molar-refractivity contribution in [2.24, 2.45) is 5.16 Å². The Morgan fingerprint density at radius 2 is 1.83 bits per heavy atom. The largest absolute Gasteiger partial charge is 0.396 e. The minimum Gasteiger partial charge on any atom is -0.396 e. The fourth-order valence-corrected chi connectivity index (χ4v) is 3.11. The molecular weight excluding hydrogens is 354 g/mol. The number of hydrogen-bond donors (Lipinski definition) is 1. The molecule has 5 heteroatoms. The molecular formula is C18H14BrN3O. The van der Waals surface area contributed by atoms with E-state index in [1.165, 1.54) is 0 Å². The first-order valence-electron chi connectivity index (χ1n) is 7.44. The Kier molecular flexibility index (Phi) is 3.50. The molecule has 0 radical (unpaired) electrons. The Labute approximate surface area is 142 Å². The summed E-state index contributed by atoms with van der Waals surface area (Å²) in [5, 5.41) is 12.0. The molecule has 3 aromatic rings. The maximum absolute atomic E-state index is 5.35. The van der Waals surface area contributed by atoms with Gasteiger partial charge in [-0.1, -0.05) is 57.5 Å². The molecule has 1 aromatic heterocycles. The third kappa shape index (κ3) is 2.28. The average Bonchev–Trinajstić information content (AvgIpc) is 3.13. The van der Waals surface area contributed by atoms with Crippen LogP contribution in [0.5, 0.6) is 0 Å². The third-order valence-electron chi connectivity index (χ3n) is 3.86. The number of aromatic nitrogens is 2. The average molecular weight is 368 g/mol. The molecule has 0 spiro atoms. The van der Waals surface area contributed by atoms with Crippen LogP contribution in [-0.4, -0.2) is 22.5 Å². The van der Waals surface area contributed by atoms with Crippen LogP contribution in [0.1, 0.15) is 18.1 Å². The van der Waals surface area contributed by atoms with Crippen LogP contribution in [0, 0.1) is 0 Å². The van der Waals surface area contributed by atoms with Crippen molar-refractivity contribution in [3.63, 3.8) is 0 Å². The van der Waals surface area contributed by atoms with E-state index in [4.69, 9.17) is 4.84 Å². The fourth-order valence-electron chi connectivity index (χ4n) is 2.85. The van der Waals surface area contributed by atoms with Crippen LogP contribution in [0.25, 0.3) is 22.5 Å². The quantitative estimate of drug-likeness (QED) is 0.537. The van der Waals surface area contributed by atoms with E-state index in [1.807, 2.05) is 43.3 Å². The SMILES string of the molecule is CCON=C1c2ccccc2-c2[nH]nc(-c3ccc(Br)cc3)c21. The Morgan fingerprint density at radius 3 is 2.57 bits per heavy atom. The minimum absolute atomic E-state index is 0.534. The summed E-state index contributed by atoms with van der Waals surface area (Å²) >= 11 is 3.47. The lowest BCUT2D eigenvalue weighted by atomic mass is 10.0. The number of halogens is 1. The van der Waals surface area contributed by atoms with Gasteiger partial charge in [0.2, 0.25) is 0 Å². The molecule has 2 aromatic carbocycles. The Bertz CT molecular complexity index is 897. The number of hydrogen-bond acceptors (Lipinski definition) is 3. The van der Waals surface area contributed by atoms with Crippen molar-refractivity contribution < 1.29 is 4.84 Å². The van der Waals surface area contributed by atoms with E-state index < -0.39 is 0 Å². The number of H-pyrrole nitrogens is 1. The predicted octanol–water partition coefficient (Wildman–Crippen LogP) is 4.61. The normalized spacial score (nSPS) is 13.9. The molecule has 1 N–H and O–H groups in total. The van der Waals surface area contributed by atoms with Crippen molar-refractivity contribution in [1.29, 1.82) is 0 Å². The minimum atomic E-state index is 0.534. The number of oxime groups is 1. The van der Waals surface area contributed by atoms with E-state index in [2.05, 4.69) is 43.4 Å². The third-order valence-corrected chi connectivity index (χ3v) is 4.39. The van der Waals surface area contributed by atoms with Crippen LogP contribution in [-0.2, 0) is 4.84 Å². The van der Waals surface area contributed by atoms with Crippen molar-refractivity contribution >= 4 is 21.6 Å². The summed E-state index contributed by atoms with van der Waals surface area (Å²) in [6.07, 6.45) is 0. The Morgan fingerprint density at radius 1 is 1.09 bits per heavy atom. The van der Waals surface area contributed by atoms with Crippen LogP contribution >= 0.6 is 15.9 Å². The molecule has 23 heavy (non-hydrogen) atoms. The maximum Gasteiger partial charge on any atom is 0.122 e. The lowest BCUT2D eigenvalue weighted by Crippen LogP contribution is -2.01. The van der Waals surface area contributed by atoms with Crippen LogP contribution in [0.15, 0.2) is 58.2 Å². The number of rotatable bonds is 3. The molecule has 0 amide bonds. The molecule has 0 aliphatic heterocycles. The molecule has 0 fully saturated rings. The van der Waals surface area contributed by atoms with Gasteiger partial charge in [0.15, 0.2) is 0 Å². The van der Waals surface area contributed by atoms with Crippen LogP contribution in [0.4, 0.5) is 0 Å². The Balaban J connectivity index is 1.93. The molecule has 0 unspecified atom stereocenters. The van der Waals surface area contributed by atoms with Gasteiger partial charge in [-0.05, 0) is 19.1 Å². The summed E-state index contributed by atoms with van der Waals surface area (Å²) in [5.74, 6) is 0. The molecule has 0 saturated heterocycles. The molecule has 1 heterocycles. The van der Waals surface area contributed by atoms with Gasteiger partial charge >= 0.3 is 0 Å². The second kappa shape index (κ2) is 5.66. The van der Waals surface area contributed by atoms with E-state index in [0.29, 0.717) is 6.61 Å². The number of nitrogens with zero attached hydrogens (tertiary/aromatic N) is 2. The summed E-state index contributed by atoms with van der Waals surface area (Å²) in [6, 6.07) is 16.3. The summed E-state index contributed by atoms with van der Waals surface area (Å²) in [7, 11) is 0. The zero-order valence-electron chi connectivity index (χ0n) is 12.5. The first kappa shape index (κ1) is 14.2. The van der Waals surface area contributed by atoms with Crippen molar-refractivity contribution in [2.45, 2.75) is 6.92 Å². The van der Waals surface area contributed by atoms with Gasteiger partial charge in [0.05, 0.1) is 11.3 Å². The summed E-state index contributed by atoms with van der Waals surface area (Å²) in [5.41, 5.74) is 6.95. The van der Waals surface area contributed by atoms with Gasteiger partial charge in [-0.25, -0.2) is 0 Å². The standard InChI is InChI=1S/C18H14BrN3O/c1-2-23-22-18-14-6-4-3-5-13(14)17-15(18)16(20-21-17)11-7-9-12(19)10-8-11/h3-10H,2H2,1H3,(H,20,21). The highest BCUT2D eigenvalue weighted by Crippen LogP contribution is 2.40. The molecule has 0 bridgehead atoms. The van der Waals surface area contributed by atoms with Gasteiger partial charge in [-0.2, -0.15) is 5.10 Å². The molecule has 0 atom stereocenters. The molecule has 4 nitrogen and oxygen atoms in total. The number of aromatic amines is 1. The van der Waals surface area contributed by atoms with Crippen molar-refractivity contribution in [1.82, 2.24) is 10.2 Å². The second-order valence-corrected chi connectivity index (χ2v) is 6.15. The first-order chi connectivity index (χ1) is 11.3. The summed E-state index contributed by atoms with van der Waals surface area (Å²) in [4.78, 5) is 5.35. The Hall–Kier alpha value is -2.40. The van der Waals surface area contributed by atoms with Crippen molar-refractivity contribution in [3.05, 3.63) is 64.1 Å². The molecule has 1 aliphatic carbocycles. The van der Waals surface area contributed by atoms with Gasteiger partial charge in [-0.15, -0.1) is 0 Å². The van der Waals surface area contributed by atoms with Gasteiger partial charge in [0, 0.05) is 21.2 Å². The first-order valence-corrected chi connectivity index (χ1v) is 8.23. The van der Waals surface area contributed by atoms with E-state index in [-0.39, 0.29) is 0 Å². The highest BCUT2D eigenvalue weighted by molar-refractivity contribution is 9.10. The van der Waals surface area contributed by atoms with Crippen LogP contribution < -0.4 is 0 Å². The van der Waals surface area contributed by atoms with Crippen molar-refractivity contribution in [2.75, 3.05) is 6.61 Å². The van der Waals surface area contributed by atoms with Gasteiger partial charge in [0.25, 0.3) is 0 Å². The number of benzene rings is 2. The molecule has 0 saturated carbocycles. The zero-order chi connectivity index (χ0) is 15.8. The molecule has 1 aliphatic rings. The van der Waals surface area contributed by atoms with Crippen molar-refractivity contribution in [3.8, 4) is 22.5 Å². The zero-order valence-corrected chi connectivity index (χ0v) is 14.1. The highest BCUT2D eigenvalue weighted by Gasteiger charge is 2.31. The fraction of sp³-hybridized carbons (Fsp3) is 0.111. The van der Waals surface area contributed by atoms with E-state index in [1.54, 1.807) is 0 Å². The van der Waals surface area contributed by atoms with E-state index in [0.717, 1.165) is 43.8 Å². The lowest BCUT2D eigenvalue weighted by Gasteiger charge is -2.04.